The monoisotopic (exact) mass is 1180 g/mol. The van der Waals surface area contributed by atoms with Crippen LogP contribution >= 0.6 is 12.4 Å². The van der Waals surface area contributed by atoms with Crippen LogP contribution in [0.1, 0.15) is 120 Å². The molecule has 0 saturated carbocycles. The van der Waals surface area contributed by atoms with Crippen LogP contribution in [-0.4, -0.2) is 221 Å². The number of carbonyl (C=O) groups excluding carboxylic acids is 2. The Bertz CT molecular complexity index is 1190. The zero-order valence-corrected chi connectivity index (χ0v) is 51.4. The fraction of sp³-hybridized carbons (Fsp3) is 0.962. The van der Waals surface area contributed by atoms with Gasteiger partial charge in [0.05, 0.1) is 106 Å². The Hall–Kier alpha value is -2.99. The first-order valence-corrected chi connectivity index (χ1v) is 28.0. The summed E-state index contributed by atoms with van der Waals surface area (Å²) in [6.07, 6.45) is 7.56. The van der Waals surface area contributed by atoms with Gasteiger partial charge in [0.1, 0.15) is 11.2 Å². The summed E-state index contributed by atoms with van der Waals surface area (Å²) in [7, 11) is 0. The third kappa shape index (κ3) is 103. The number of ether oxygens (including phenoxy) is 15. The molecule has 0 radical (unpaired) electrons. The van der Waals surface area contributed by atoms with Gasteiger partial charge in [-0.1, -0.05) is 36.9 Å². The summed E-state index contributed by atoms with van der Waals surface area (Å²) in [4.78, 5) is 27.3. The molecule has 0 fully saturated rings. The van der Waals surface area contributed by atoms with Crippen LogP contribution in [0.2, 0.25) is 0 Å². The number of hydrogen-bond acceptors (Lipinski definition) is 23. The highest BCUT2D eigenvalue weighted by Gasteiger charge is 2.24. The summed E-state index contributed by atoms with van der Waals surface area (Å²) in [6.45, 7) is 33.5. The number of hydrogen-bond donors (Lipinski definition) is 4. The van der Waals surface area contributed by atoms with Crippen LogP contribution in [0, 0.1) is 0 Å². The lowest BCUT2D eigenvalue weighted by Gasteiger charge is -2.20. The first kappa shape index (κ1) is 88.2. The number of halogens is 1. The predicted molar refractivity (Wildman–Crippen MR) is 312 cm³/mol. The molecule has 8 N–H and O–H groups in total. The average Bonchev–Trinajstić information content (AvgIpc) is 3.39. The highest BCUT2D eigenvalue weighted by Crippen LogP contribution is 2.11. The summed E-state index contributed by atoms with van der Waals surface area (Å²) in [5.41, 5.74) is 35.9. The van der Waals surface area contributed by atoms with Gasteiger partial charge in [0.25, 0.3) is 0 Å². The molecule has 0 aliphatic carbocycles. The van der Waals surface area contributed by atoms with Crippen LogP contribution < -0.4 is 22.9 Å². The van der Waals surface area contributed by atoms with Crippen LogP contribution in [0.5, 0.6) is 0 Å². The standard InChI is InChI=1S/C11H23N3O3.C11H25NO3.C10H22N4O3.C10H24N2O3.C10H18O5.ClH/c1-2-3-6-15-8-10-17-11-9-16-7-4-5-13-14-12;1-2-3-6-13-8-10-15-11-9-14-7-4-5-12;11-3-1-5-15-7-9-17-10-8-16-6-2-4-13-14-12;11-3-1-5-13-7-9-15-10-8-14-6-2-4-12;1-9(2,3)14-7(11)13-8(12)15-10(4,5)6;/h2-11H2,1H3;2-12H2,1H3;1-11H2;1-12H2;1-6H3;1H. The van der Waals surface area contributed by atoms with Gasteiger partial charge in [-0.15, -0.1) is 12.4 Å². The maximum Gasteiger partial charge on any atom is 0.519 e. The van der Waals surface area contributed by atoms with E-state index in [-0.39, 0.29) is 12.4 Å². The molecule has 0 saturated heterocycles. The van der Waals surface area contributed by atoms with Crippen molar-refractivity contribution in [1.82, 2.24) is 0 Å². The van der Waals surface area contributed by atoms with Crippen molar-refractivity contribution < 1.29 is 80.6 Å². The van der Waals surface area contributed by atoms with Crippen molar-refractivity contribution in [3.63, 3.8) is 0 Å². The second-order valence-corrected chi connectivity index (χ2v) is 18.3. The molecule has 0 aliphatic rings. The zero-order chi connectivity index (χ0) is 59.9. The summed E-state index contributed by atoms with van der Waals surface area (Å²) < 4.78 is 77.2. The average molecular weight is 1190 g/mol. The lowest BCUT2D eigenvalue weighted by Crippen LogP contribution is -2.29. The fourth-order valence-corrected chi connectivity index (χ4v) is 4.58. The minimum absolute atomic E-state index is 0. The van der Waals surface area contributed by atoms with Crippen molar-refractivity contribution in [2.24, 2.45) is 33.2 Å². The van der Waals surface area contributed by atoms with E-state index >= 15 is 0 Å². The molecule has 480 valence electrons. The highest BCUT2D eigenvalue weighted by atomic mass is 35.5. The Morgan fingerprint density at radius 3 is 0.713 bits per heavy atom. The second-order valence-electron chi connectivity index (χ2n) is 18.3. The topological polar surface area (TPSA) is 374 Å². The Labute approximate surface area is 486 Å². The van der Waals surface area contributed by atoms with E-state index in [1.807, 2.05) is 0 Å². The van der Waals surface area contributed by atoms with Crippen LogP contribution in [0.4, 0.5) is 9.59 Å². The largest absolute Gasteiger partial charge is 0.519 e. The van der Waals surface area contributed by atoms with Gasteiger partial charge < -0.3 is 94.0 Å². The van der Waals surface area contributed by atoms with E-state index in [1.54, 1.807) is 41.5 Å². The molecule has 0 spiro atoms. The smallest absolute Gasteiger partial charge is 0.428 e. The van der Waals surface area contributed by atoms with Gasteiger partial charge in [-0.05, 0) is 130 Å². The maximum absolute atomic E-state index is 11.0. The molecule has 0 aromatic carbocycles. The molecule has 0 amide bonds. The van der Waals surface area contributed by atoms with E-state index in [9.17, 15) is 9.59 Å². The minimum Gasteiger partial charge on any atom is -0.428 e. The van der Waals surface area contributed by atoms with Crippen LogP contribution in [0.15, 0.2) is 10.2 Å². The van der Waals surface area contributed by atoms with Crippen LogP contribution in [0.3, 0.4) is 0 Å². The normalized spacial score (nSPS) is 10.6. The number of carbonyl (C=O) groups is 2. The van der Waals surface area contributed by atoms with Crippen molar-refractivity contribution >= 4 is 24.7 Å². The van der Waals surface area contributed by atoms with Crippen molar-refractivity contribution in [3.8, 4) is 0 Å². The van der Waals surface area contributed by atoms with E-state index in [4.69, 9.17) is 100 Å². The predicted octanol–water partition coefficient (Wildman–Crippen LogP) is 7.84. The molecule has 0 unspecified atom stereocenters. The molecular weight excluding hydrogens is 1070 g/mol. The van der Waals surface area contributed by atoms with Crippen molar-refractivity contribution in [2.45, 2.75) is 131 Å². The molecule has 0 aromatic rings. The number of nitrogens with zero attached hydrogens (tertiary/aromatic N) is 6. The van der Waals surface area contributed by atoms with E-state index in [2.05, 4.69) is 38.6 Å². The maximum atomic E-state index is 11.0. The third-order valence-corrected chi connectivity index (χ3v) is 8.40. The van der Waals surface area contributed by atoms with E-state index in [0.717, 1.165) is 77.6 Å². The molecule has 0 aliphatic heterocycles. The Kier molecular flexibility index (Phi) is 86.1. The van der Waals surface area contributed by atoms with E-state index in [0.29, 0.717) is 178 Å². The molecule has 27 nitrogen and oxygen atoms in total. The lowest BCUT2D eigenvalue weighted by molar-refractivity contribution is -0.0294. The summed E-state index contributed by atoms with van der Waals surface area (Å²) in [5.74, 6) is 0. The quantitative estimate of drug-likeness (QED) is 0.0112. The molecule has 0 rings (SSSR count). The minimum atomic E-state index is -1.06. The SMILES string of the molecule is CC(C)(C)OC(=O)OC(=O)OC(C)(C)C.CCCCOCCOCCOCCCN.CCCCOCCOCCOCCCN=[N+]=[N-].Cl.NCCCOCCOCCOCCCN.[N-]=[N+]=NCCCOCCOCCOCCCN. The highest BCUT2D eigenvalue weighted by molar-refractivity contribution is 5.85. The summed E-state index contributed by atoms with van der Waals surface area (Å²) >= 11 is 0. The molecule has 0 atom stereocenters. The molecule has 0 heterocycles. The fourth-order valence-electron chi connectivity index (χ4n) is 4.58. The first-order chi connectivity index (χ1) is 38.2. The number of nitrogens with two attached hydrogens (primary N) is 4. The summed E-state index contributed by atoms with van der Waals surface area (Å²) in [5, 5.41) is 6.81. The Balaban J connectivity index is -0.000000214. The number of azide groups is 2. The van der Waals surface area contributed by atoms with Gasteiger partial charge in [0, 0.05) is 75.8 Å². The van der Waals surface area contributed by atoms with Gasteiger partial charge in [-0.25, -0.2) is 9.59 Å². The lowest BCUT2D eigenvalue weighted by atomic mass is 10.2. The zero-order valence-electron chi connectivity index (χ0n) is 50.6. The molecule has 80 heavy (non-hydrogen) atoms. The van der Waals surface area contributed by atoms with Crippen LogP contribution in [0.25, 0.3) is 20.9 Å². The number of rotatable bonds is 50. The van der Waals surface area contributed by atoms with Gasteiger partial charge in [-0.2, -0.15) is 0 Å². The van der Waals surface area contributed by atoms with Crippen molar-refractivity contribution in [1.29, 1.82) is 0 Å². The van der Waals surface area contributed by atoms with E-state index < -0.39 is 23.5 Å². The van der Waals surface area contributed by atoms with Crippen molar-refractivity contribution in [3.05, 3.63) is 20.9 Å². The Morgan fingerprint density at radius 1 is 0.350 bits per heavy atom. The van der Waals surface area contributed by atoms with Crippen molar-refractivity contribution in [2.75, 3.05) is 198 Å². The molecule has 0 aromatic heterocycles. The first-order valence-electron chi connectivity index (χ1n) is 28.0. The molecule has 28 heteroatoms. The van der Waals surface area contributed by atoms with E-state index in [1.165, 1.54) is 6.42 Å². The van der Waals surface area contributed by atoms with Crippen LogP contribution in [-0.2, 0) is 71.1 Å². The second kappa shape index (κ2) is 78.1. The number of unbranched alkanes of at least 4 members (excludes halogenated alkanes) is 2. The Morgan fingerprint density at radius 2 is 0.537 bits per heavy atom. The van der Waals surface area contributed by atoms with Gasteiger partial charge in [-0.3, -0.25) is 0 Å². The molecule has 0 bridgehead atoms. The van der Waals surface area contributed by atoms with Gasteiger partial charge >= 0.3 is 12.3 Å². The summed E-state index contributed by atoms with van der Waals surface area (Å²) in [6, 6.07) is 0. The van der Waals surface area contributed by atoms with Gasteiger partial charge in [0.2, 0.25) is 0 Å². The van der Waals surface area contributed by atoms with Gasteiger partial charge in [0.15, 0.2) is 0 Å². The molecular formula is C52H113ClN10O17. The third-order valence-electron chi connectivity index (χ3n) is 8.40.